The molecule has 2 unspecified atom stereocenters. The smallest absolute Gasteiger partial charge is 0.00997 e. The van der Waals surface area contributed by atoms with Gasteiger partial charge in [-0.1, -0.05) is 6.92 Å². The quantitative estimate of drug-likeness (QED) is 0.601. The van der Waals surface area contributed by atoms with Crippen LogP contribution < -0.4 is 5.73 Å². The second kappa shape index (κ2) is 1.98. The fourth-order valence-electron chi connectivity index (χ4n) is 1.36. The minimum absolute atomic E-state index is 0.0649. The van der Waals surface area contributed by atoms with Crippen molar-refractivity contribution in [1.82, 2.24) is 0 Å². The molecule has 9 heavy (non-hydrogen) atoms. The second-order valence-electron chi connectivity index (χ2n) is 4.17. The van der Waals surface area contributed by atoms with Crippen molar-refractivity contribution >= 4 is 0 Å². The average molecular weight is 127 g/mol. The van der Waals surface area contributed by atoms with Gasteiger partial charge in [0.1, 0.15) is 0 Å². The summed E-state index contributed by atoms with van der Waals surface area (Å²) >= 11 is 0. The highest BCUT2D eigenvalue weighted by molar-refractivity contribution is 4.88. The van der Waals surface area contributed by atoms with Gasteiger partial charge in [-0.25, -0.2) is 0 Å². The zero-order chi connectivity index (χ0) is 7.07. The van der Waals surface area contributed by atoms with Crippen LogP contribution in [0.1, 0.15) is 33.6 Å². The lowest BCUT2D eigenvalue weighted by Gasteiger charge is -2.17. The lowest BCUT2D eigenvalue weighted by molar-refractivity contribution is 0.435. The van der Waals surface area contributed by atoms with Gasteiger partial charge in [0.15, 0.2) is 0 Å². The second-order valence-corrected chi connectivity index (χ2v) is 4.17. The molecule has 0 aliphatic heterocycles. The number of hydrogen-bond acceptors (Lipinski definition) is 1. The van der Waals surface area contributed by atoms with E-state index in [4.69, 9.17) is 5.73 Å². The van der Waals surface area contributed by atoms with Gasteiger partial charge in [-0.3, -0.25) is 0 Å². The predicted molar refractivity (Wildman–Crippen MR) is 40.2 cm³/mol. The minimum Gasteiger partial charge on any atom is -0.326 e. The molecule has 1 heteroatoms. The highest BCUT2D eigenvalue weighted by Gasteiger charge is 2.35. The van der Waals surface area contributed by atoms with Crippen LogP contribution in [0.2, 0.25) is 0 Å². The molecular formula is C8H17N. The van der Waals surface area contributed by atoms with Gasteiger partial charge in [0.2, 0.25) is 0 Å². The zero-order valence-electron chi connectivity index (χ0n) is 6.65. The van der Waals surface area contributed by atoms with Gasteiger partial charge in [-0.2, -0.15) is 0 Å². The van der Waals surface area contributed by atoms with Crippen molar-refractivity contribution in [2.45, 2.75) is 39.2 Å². The van der Waals surface area contributed by atoms with E-state index in [1.165, 1.54) is 12.8 Å². The molecule has 0 aromatic rings. The van der Waals surface area contributed by atoms with Gasteiger partial charge >= 0.3 is 0 Å². The Morgan fingerprint density at radius 3 is 2.11 bits per heavy atom. The Hall–Kier alpha value is -0.0400. The van der Waals surface area contributed by atoms with Crippen LogP contribution >= 0.6 is 0 Å². The predicted octanol–water partition coefficient (Wildman–Crippen LogP) is 1.77. The van der Waals surface area contributed by atoms with Crippen molar-refractivity contribution in [2.24, 2.45) is 17.6 Å². The highest BCUT2D eigenvalue weighted by atomic mass is 14.7. The van der Waals surface area contributed by atoms with Gasteiger partial charge in [-0.05, 0) is 38.5 Å². The molecule has 2 N–H and O–H groups in total. The Labute approximate surface area is 57.6 Å². The summed E-state index contributed by atoms with van der Waals surface area (Å²) in [6, 6.07) is 0. The largest absolute Gasteiger partial charge is 0.326 e. The van der Waals surface area contributed by atoms with Crippen LogP contribution in [0.5, 0.6) is 0 Å². The molecule has 0 heterocycles. The Morgan fingerprint density at radius 1 is 1.56 bits per heavy atom. The Balaban J connectivity index is 2.19. The molecule has 1 aliphatic carbocycles. The third kappa shape index (κ3) is 2.35. The van der Waals surface area contributed by atoms with E-state index >= 15 is 0 Å². The highest BCUT2D eigenvalue weighted by Crippen LogP contribution is 2.42. The molecular weight excluding hydrogens is 110 g/mol. The fourth-order valence-corrected chi connectivity index (χ4v) is 1.36. The summed E-state index contributed by atoms with van der Waals surface area (Å²) in [5.41, 5.74) is 5.90. The first-order valence-electron chi connectivity index (χ1n) is 3.78. The molecule has 0 aromatic heterocycles. The molecule has 0 saturated heterocycles. The van der Waals surface area contributed by atoms with E-state index < -0.39 is 0 Å². The van der Waals surface area contributed by atoms with Gasteiger partial charge in [0.05, 0.1) is 0 Å². The molecule has 0 radical (unpaired) electrons. The normalized spacial score (nSPS) is 34.7. The number of nitrogens with two attached hydrogens (primary N) is 1. The molecule has 0 spiro atoms. The summed E-state index contributed by atoms with van der Waals surface area (Å²) in [7, 11) is 0. The maximum atomic E-state index is 5.84. The molecule has 54 valence electrons. The Morgan fingerprint density at radius 2 is 2.00 bits per heavy atom. The standard InChI is InChI=1S/C8H17N/c1-6-4-7(6)5-8(2,3)9/h6-7H,4-5,9H2,1-3H3. The summed E-state index contributed by atoms with van der Waals surface area (Å²) in [5, 5.41) is 0. The fraction of sp³-hybridized carbons (Fsp3) is 1.00. The lowest BCUT2D eigenvalue weighted by atomic mass is 9.98. The summed E-state index contributed by atoms with van der Waals surface area (Å²) in [5.74, 6) is 1.89. The van der Waals surface area contributed by atoms with Crippen LogP contribution in [0.3, 0.4) is 0 Å². The van der Waals surface area contributed by atoms with Gasteiger partial charge in [0.25, 0.3) is 0 Å². The maximum absolute atomic E-state index is 5.84. The lowest BCUT2D eigenvalue weighted by Crippen LogP contribution is -2.32. The van der Waals surface area contributed by atoms with E-state index in [1.54, 1.807) is 0 Å². The number of rotatable bonds is 2. The summed E-state index contributed by atoms with van der Waals surface area (Å²) in [4.78, 5) is 0. The van der Waals surface area contributed by atoms with Crippen LogP contribution in [-0.4, -0.2) is 5.54 Å². The zero-order valence-corrected chi connectivity index (χ0v) is 6.65. The van der Waals surface area contributed by atoms with Crippen molar-refractivity contribution in [1.29, 1.82) is 0 Å². The molecule has 2 atom stereocenters. The molecule has 1 saturated carbocycles. The first-order valence-corrected chi connectivity index (χ1v) is 3.78. The SMILES string of the molecule is CC1CC1CC(C)(C)N. The van der Waals surface area contributed by atoms with Crippen molar-refractivity contribution in [3.63, 3.8) is 0 Å². The first kappa shape index (κ1) is 7.07. The molecule has 0 aromatic carbocycles. The third-order valence-electron chi connectivity index (χ3n) is 2.06. The molecule has 1 fully saturated rings. The number of hydrogen-bond donors (Lipinski definition) is 1. The van der Waals surface area contributed by atoms with Crippen molar-refractivity contribution in [2.75, 3.05) is 0 Å². The monoisotopic (exact) mass is 127 g/mol. The van der Waals surface area contributed by atoms with Crippen LogP contribution in [0.15, 0.2) is 0 Å². The van der Waals surface area contributed by atoms with Crippen LogP contribution in [-0.2, 0) is 0 Å². The van der Waals surface area contributed by atoms with E-state index in [0.717, 1.165) is 11.8 Å². The molecule has 1 rings (SSSR count). The average Bonchev–Trinajstić information content (AvgIpc) is 2.13. The van der Waals surface area contributed by atoms with Gasteiger partial charge < -0.3 is 5.73 Å². The third-order valence-corrected chi connectivity index (χ3v) is 2.06. The molecule has 0 amide bonds. The van der Waals surface area contributed by atoms with Gasteiger partial charge in [0, 0.05) is 5.54 Å². The summed E-state index contributed by atoms with van der Waals surface area (Å²) in [6.45, 7) is 6.52. The maximum Gasteiger partial charge on any atom is 0.00997 e. The van der Waals surface area contributed by atoms with Crippen molar-refractivity contribution in [3.8, 4) is 0 Å². The van der Waals surface area contributed by atoms with E-state index in [2.05, 4.69) is 20.8 Å². The van der Waals surface area contributed by atoms with E-state index in [9.17, 15) is 0 Å². The van der Waals surface area contributed by atoms with Crippen molar-refractivity contribution < 1.29 is 0 Å². The molecule has 1 aliphatic rings. The van der Waals surface area contributed by atoms with Crippen LogP contribution in [0.4, 0.5) is 0 Å². The van der Waals surface area contributed by atoms with Gasteiger partial charge in [-0.15, -0.1) is 0 Å². The minimum atomic E-state index is 0.0649. The van der Waals surface area contributed by atoms with Crippen LogP contribution in [0.25, 0.3) is 0 Å². The Bertz CT molecular complexity index is 102. The van der Waals surface area contributed by atoms with Crippen LogP contribution in [0, 0.1) is 11.8 Å². The van der Waals surface area contributed by atoms with E-state index in [0.29, 0.717) is 0 Å². The molecule has 0 bridgehead atoms. The summed E-state index contributed by atoms with van der Waals surface area (Å²) in [6.07, 6.45) is 2.61. The van der Waals surface area contributed by atoms with E-state index in [-0.39, 0.29) is 5.54 Å². The van der Waals surface area contributed by atoms with Crippen molar-refractivity contribution in [3.05, 3.63) is 0 Å². The molecule has 1 nitrogen and oxygen atoms in total. The first-order chi connectivity index (χ1) is 3.99. The Kier molecular flexibility index (Phi) is 1.55. The summed E-state index contributed by atoms with van der Waals surface area (Å²) < 4.78 is 0. The van der Waals surface area contributed by atoms with E-state index in [1.807, 2.05) is 0 Å². The topological polar surface area (TPSA) is 26.0 Å².